The van der Waals surface area contributed by atoms with E-state index in [9.17, 15) is 4.79 Å². The number of carbonyl (C=O) groups is 1. The Balaban J connectivity index is 1.59. The number of carbonyl (C=O) groups excluding carboxylic acids is 1. The molecular weight excluding hydrogens is 374 g/mol. The Morgan fingerprint density at radius 2 is 2.00 bits per heavy atom. The third-order valence-corrected chi connectivity index (χ3v) is 4.77. The van der Waals surface area contributed by atoms with Gasteiger partial charge in [-0.15, -0.1) is 0 Å². The van der Waals surface area contributed by atoms with Crippen molar-refractivity contribution in [2.45, 2.75) is 6.42 Å². The van der Waals surface area contributed by atoms with Crippen LogP contribution in [0, 0.1) is 0 Å². The van der Waals surface area contributed by atoms with Gasteiger partial charge in [-0.1, -0.05) is 23.7 Å². The van der Waals surface area contributed by atoms with Crippen LogP contribution in [0.2, 0.25) is 5.02 Å². The number of nitrogens with zero attached hydrogens (tertiary/aromatic N) is 4. The molecule has 4 rings (SSSR count). The molecule has 0 saturated heterocycles. The van der Waals surface area contributed by atoms with Crippen molar-refractivity contribution in [3.05, 3.63) is 77.2 Å². The Kier molecular flexibility index (Phi) is 5.04. The number of aryl methyl sites for hydroxylation is 1. The van der Waals surface area contributed by atoms with Crippen LogP contribution < -0.4 is 5.32 Å². The maximum absolute atomic E-state index is 12.9. The summed E-state index contributed by atoms with van der Waals surface area (Å²) < 4.78 is 1.67. The Morgan fingerprint density at radius 1 is 1.18 bits per heavy atom. The first-order chi connectivity index (χ1) is 13.6. The van der Waals surface area contributed by atoms with Gasteiger partial charge < -0.3 is 5.32 Å². The molecule has 6 nitrogen and oxygen atoms in total. The molecule has 0 saturated carbocycles. The molecule has 0 aliphatic heterocycles. The van der Waals surface area contributed by atoms with E-state index in [0.29, 0.717) is 28.5 Å². The van der Waals surface area contributed by atoms with E-state index in [1.54, 1.807) is 29.3 Å². The fourth-order valence-electron chi connectivity index (χ4n) is 3.03. The molecule has 28 heavy (non-hydrogen) atoms. The van der Waals surface area contributed by atoms with E-state index in [1.807, 2.05) is 43.4 Å². The first kappa shape index (κ1) is 18.1. The standard InChI is InChI=1S/C21H18ClN5O/c1-27-20-18(13-25-27)17(11-19(26-20)15-3-2-9-23-12-15)21(28)24-10-8-14-4-6-16(22)7-5-14/h2-7,9,11-13H,8,10H2,1H3,(H,24,28). The molecule has 0 fully saturated rings. The van der Waals surface area contributed by atoms with Gasteiger partial charge in [0.15, 0.2) is 5.65 Å². The second-order valence-corrected chi connectivity index (χ2v) is 6.87. The molecule has 7 heteroatoms. The van der Waals surface area contributed by atoms with Gasteiger partial charge in [0.25, 0.3) is 5.91 Å². The summed E-state index contributed by atoms with van der Waals surface area (Å²) in [4.78, 5) is 21.7. The smallest absolute Gasteiger partial charge is 0.252 e. The van der Waals surface area contributed by atoms with Crippen molar-refractivity contribution >= 4 is 28.5 Å². The largest absolute Gasteiger partial charge is 0.352 e. The third kappa shape index (κ3) is 3.73. The number of pyridine rings is 2. The number of aromatic nitrogens is 4. The second-order valence-electron chi connectivity index (χ2n) is 6.43. The van der Waals surface area contributed by atoms with Gasteiger partial charge in [0.1, 0.15) is 0 Å². The van der Waals surface area contributed by atoms with E-state index in [1.165, 1.54) is 0 Å². The van der Waals surface area contributed by atoms with Crippen LogP contribution in [-0.4, -0.2) is 32.2 Å². The highest BCUT2D eigenvalue weighted by Gasteiger charge is 2.16. The van der Waals surface area contributed by atoms with Crippen LogP contribution in [0.25, 0.3) is 22.3 Å². The van der Waals surface area contributed by atoms with E-state index < -0.39 is 0 Å². The van der Waals surface area contributed by atoms with Gasteiger partial charge in [-0.05, 0) is 42.3 Å². The molecule has 0 atom stereocenters. The van der Waals surface area contributed by atoms with Gasteiger partial charge >= 0.3 is 0 Å². The molecule has 3 aromatic heterocycles. The average Bonchev–Trinajstić information content (AvgIpc) is 3.10. The van der Waals surface area contributed by atoms with Crippen LogP contribution in [0.3, 0.4) is 0 Å². The number of halogens is 1. The molecule has 4 aromatic rings. The molecule has 0 aliphatic rings. The van der Waals surface area contributed by atoms with E-state index >= 15 is 0 Å². The molecule has 0 radical (unpaired) electrons. The summed E-state index contributed by atoms with van der Waals surface area (Å²) >= 11 is 5.91. The number of fused-ring (bicyclic) bond motifs is 1. The predicted molar refractivity (Wildman–Crippen MR) is 109 cm³/mol. The summed E-state index contributed by atoms with van der Waals surface area (Å²) in [6.45, 7) is 0.521. The van der Waals surface area contributed by atoms with Crippen molar-refractivity contribution in [2.24, 2.45) is 7.05 Å². The maximum atomic E-state index is 12.9. The minimum absolute atomic E-state index is 0.153. The molecular formula is C21H18ClN5O. The minimum atomic E-state index is -0.153. The second kappa shape index (κ2) is 7.78. The Bertz CT molecular complexity index is 1120. The highest BCUT2D eigenvalue weighted by molar-refractivity contribution is 6.30. The minimum Gasteiger partial charge on any atom is -0.352 e. The van der Waals surface area contributed by atoms with E-state index in [-0.39, 0.29) is 5.91 Å². The molecule has 1 N–H and O–H groups in total. The van der Waals surface area contributed by atoms with Crippen molar-refractivity contribution in [2.75, 3.05) is 6.54 Å². The Morgan fingerprint density at radius 3 is 2.75 bits per heavy atom. The lowest BCUT2D eigenvalue weighted by Gasteiger charge is -2.09. The fourth-order valence-corrected chi connectivity index (χ4v) is 3.16. The number of hydrogen-bond acceptors (Lipinski definition) is 4. The van der Waals surface area contributed by atoms with Crippen molar-refractivity contribution in [3.8, 4) is 11.3 Å². The van der Waals surface area contributed by atoms with Crippen LogP contribution in [0.5, 0.6) is 0 Å². The summed E-state index contributed by atoms with van der Waals surface area (Å²) in [6.07, 6.45) is 5.83. The lowest BCUT2D eigenvalue weighted by atomic mass is 10.1. The van der Waals surface area contributed by atoms with Crippen LogP contribution in [0.4, 0.5) is 0 Å². The molecule has 0 aliphatic carbocycles. The lowest BCUT2D eigenvalue weighted by Crippen LogP contribution is -2.26. The van der Waals surface area contributed by atoms with Crippen LogP contribution in [-0.2, 0) is 13.5 Å². The highest BCUT2D eigenvalue weighted by atomic mass is 35.5. The van der Waals surface area contributed by atoms with Crippen LogP contribution in [0.15, 0.2) is 61.1 Å². The number of hydrogen-bond donors (Lipinski definition) is 1. The van der Waals surface area contributed by atoms with E-state index in [0.717, 1.165) is 22.9 Å². The topological polar surface area (TPSA) is 72.7 Å². The summed E-state index contributed by atoms with van der Waals surface area (Å²) in [7, 11) is 1.81. The molecule has 0 bridgehead atoms. The van der Waals surface area contributed by atoms with Crippen molar-refractivity contribution in [1.82, 2.24) is 25.1 Å². The molecule has 0 unspecified atom stereocenters. The molecule has 140 valence electrons. The first-order valence-electron chi connectivity index (χ1n) is 8.87. The lowest BCUT2D eigenvalue weighted by molar-refractivity contribution is 0.0955. The average molecular weight is 392 g/mol. The zero-order chi connectivity index (χ0) is 19.5. The van der Waals surface area contributed by atoms with Crippen LogP contribution in [0.1, 0.15) is 15.9 Å². The summed E-state index contributed by atoms with van der Waals surface area (Å²) in [5.74, 6) is -0.153. The van der Waals surface area contributed by atoms with Crippen molar-refractivity contribution < 1.29 is 4.79 Å². The maximum Gasteiger partial charge on any atom is 0.252 e. The zero-order valence-electron chi connectivity index (χ0n) is 15.3. The number of benzene rings is 1. The van der Waals surface area contributed by atoms with E-state index in [4.69, 9.17) is 11.6 Å². The number of nitrogens with one attached hydrogen (secondary N) is 1. The number of rotatable bonds is 5. The molecule has 1 aromatic carbocycles. The highest BCUT2D eigenvalue weighted by Crippen LogP contribution is 2.24. The third-order valence-electron chi connectivity index (χ3n) is 4.52. The van der Waals surface area contributed by atoms with Gasteiger partial charge in [-0.2, -0.15) is 5.10 Å². The van der Waals surface area contributed by atoms with Gasteiger partial charge in [0, 0.05) is 36.6 Å². The monoisotopic (exact) mass is 391 g/mol. The SMILES string of the molecule is Cn1ncc2c(C(=O)NCCc3ccc(Cl)cc3)cc(-c3cccnc3)nc21. The number of amides is 1. The molecule has 1 amide bonds. The summed E-state index contributed by atoms with van der Waals surface area (Å²) in [5, 5.41) is 8.67. The normalized spacial score (nSPS) is 10.9. The Labute approximate surface area is 167 Å². The molecule has 3 heterocycles. The fraction of sp³-hybridized carbons (Fsp3) is 0.143. The summed E-state index contributed by atoms with van der Waals surface area (Å²) in [5.41, 5.74) is 3.85. The van der Waals surface area contributed by atoms with Gasteiger partial charge in [0.05, 0.1) is 22.8 Å². The Hall–Kier alpha value is -3.25. The van der Waals surface area contributed by atoms with Crippen LogP contribution >= 0.6 is 11.6 Å². The van der Waals surface area contributed by atoms with Gasteiger partial charge in [-0.25, -0.2) is 4.98 Å². The molecule has 0 spiro atoms. The van der Waals surface area contributed by atoms with Gasteiger partial charge in [-0.3, -0.25) is 14.5 Å². The van der Waals surface area contributed by atoms with Crippen molar-refractivity contribution in [1.29, 1.82) is 0 Å². The quantitative estimate of drug-likeness (QED) is 0.563. The van der Waals surface area contributed by atoms with Crippen molar-refractivity contribution in [3.63, 3.8) is 0 Å². The van der Waals surface area contributed by atoms with E-state index in [2.05, 4.69) is 20.4 Å². The van der Waals surface area contributed by atoms with Gasteiger partial charge in [0.2, 0.25) is 0 Å². The first-order valence-corrected chi connectivity index (χ1v) is 9.25. The predicted octanol–water partition coefficient (Wildman–Crippen LogP) is 3.66. The zero-order valence-corrected chi connectivity index (χ0v) is 16.0. The summed E-state index contributed by atoms with van der Waals surface area (Å²) in [6, 6.07) is 13.2.